The summed E-state index contributed by atoms with van der Waals surface area (Å²) in [7, 11) is 0. The summed E-state index contributed by atoms with van der Waals surface area (Å²) in [4.78, 5) is 13.5. The van der Waals surface area contributed by atoms with E-state index in [0.717, 1.165) is 0 Å². The van der Waals surface area contributed by atoms with Crippen LogP contribution in [0, 0.1) is 10.1 Å². The lowest BCUT2D eigenvalue weighted by molar-refractivity contribution is -0.385. The smallest absolute Gasteiger partial charge is 0.258 e. The van der Waals surface area contributed by atoms with Gasteiger partial charge in [-0.2, -0.15) is 0 Å². The number of hydrogen-bond donors (Lipinski definition) is 0. The summed E-state index contributed by atoms with van der Waals surface area (Å²) in [5, 5.41) is 10.3. The van der Waals surface area contributed by atoms with Crippen molar-refractivity contribution in [2.75, 3.05) is 0 Å². The molecule has 0 aromatic carbocycles. The summed E-state index contributed by atoms with van der Waals surface area (Å²) in [5.41, 5.74) is -0.222. The van der Waals surface area contributed by atoms with E-state index in [1.54, 1.807) is 0 Å². The van der Waals surface area contributed by atoms with Crippen LogP contribution in [0.15, 0.2) is 15.1 Å². The SMILES string of the molecule is O=[N+]([O-])c1c(Br)cc(Br)nc1Cl. The fourth-order valence-corrected chi connectivity index (χ4v) is 2.35. The first-order valence-corrected chi connectivity index (χ1v) is 4.64. The van der Waals surface area contributed by atoms with E-state index in [1.807, 2.05) is 0 Å². The Morgan fingerprint density at radius 1 is 1.58 bits per heavy atom. The third-order valence-electron chi connectivity index (χ3n) is 1.05. The number of rotatable bonds is 1. The second-order valence-corrected chi connectivity index (χ2v) is 3.85. The van der Waals surface area contributed by atoms with Crippen molar-refractivity contribution in [1.82, 2.24) is 4.98 Å². The van der Waals surface area contributed by atoms with Gasteiger partial charge in [-0.1, -0.05) is 11.6 Å². The standard InChI is InChI=1S/C5HBr2ClN2O2/c6-2-1-3(7)9-5(8)4(2)10(11)12/h1H. The zero-order valence-electron chi connectivity index (χ0n) is 5.42. The molecule has 4 nitrogen and oxygen atoms in total. The number of hydrogen-bond acceptors (Lipinski definition) is 3. The fraction of sp³-hybridized carbons (Fsp3) is 0. The van der Waals surface area contributed by atoms with Crippen molar-refractivity contribution in [3.8, 4) is 0 Å². The van der Waals surface area contributed by atoms with Crippen molar-refractivity contribution in [3.63, 3.8) is 0 Å². The van der Waals surface area contributed by atoms with Crippen LogP contribution >= 0.6 is 43.5 Å². The summed E-state index contributed by atoms with van der Waals surface area (Å²) in [6.07, 6.45) is 0. The highest BCUT2D eigenvalue weighted by atomic mass is 79.9. The van der Waals surface area contributed by atoms with E-state index in [1.165, 1.54) is 6.07 Å². The molecule has 7 heteroatoms. The molecule has 1 aromatic rings. The van der Waals surface area contributed by atoms with Crippen LogP contribution in [0.5, 0.6) is 0 Å². The van der Waals surface area contributed by atoms with Crippen molar-refractivity contribution in [1.29, 1.82) is 0 Å². The second-order valence-electron chi connectivity index (χ2n) is 1.82. The molecule has 0 bridgehead atoms. The van der Waals surface area contributed by atoms with Crippen LogP contribution in [-0.4, -0.2) is 9.91 Å². The highest BCUT2D eigenvalue weighted by Gasteiger charge is 2.19. The first kappa shape index (κ1) is 9.88. The van der Waals surface area contributed by atoms with Crippen LogP contribution in [0.25, 0.3) is 0 Å². The first-order chi connectivity index (χ1) is 5.52. The highest BCUT2D eigenvalue weighted by molar-refractivity contribution is 9.11. The topological polar surface area (TPSA) is 56.0 Å². The summed E-state index contributed by atoms with van der Waals surface area (Å²) < 4.78 is 0.754. The molecule has 0 aliphatic heterocycles. The van der Waals surface area contributed by atoms with Gasteiger partial charge in [0.25, 0.3) is 0 Å². The zero-order valence-corrected chi connectivity index (χ0v) is 9.35. The Bertz CT molecular complexity index is 321. The van der Waals surface area contributed by atoms with Gasteiger partial charge in [0, 0.05) is 0 Å². The van der Waals surface area contributed by atoms with Crippen molar-refractivity contribution < 1.29 is 4.92 Å². The number of pyridine rings is 1. The van der Waals surface area contributed by atoms with Crippen LogP contribution in [0.1, 0.15) is 0 Å². The fourth-order valence-electron chi connectivity index (χ4n) is 0.613. The zero-order chi connectivity index (χ0) is 9.30. The maximum Gasteiger partial charge on any atom is 0.320 e. The monoisotopic (exact) mass is 314 g/mol. The molecule has 0 saturated heterocycles. The molecule has 0 spiro atoms. The Morgan fingerprint density at radius 2 is 2.17 bits per heavy atom. The lowest BCUT2D eigenvalue weighted by Gasteiger charge is -1.97. The molecule has 0 atom stereocenters. The number of aromatic nitrogens is 1. The average Bonchev–Trinajstić information content (AvgIpc) is 1.82. The van der Waals surface area contributed by atoms with Crippen molar-refractivity contribution >= 4 is 49.1 Å². The molecule has 0 amide bonds. The van der Waals surface area contributed by atoms with E-state index >= 15 is 0 Å². The van der Waals surface area contributed by atoms with Crippen LogP contribution in [-0.2, 0) is 0 Å². The van der Waals surface area contributed by atoms with Crippen molar-refractivity contribution in [2.24, 2.45) is 0 Å². The van der Waals surface area contributed by atoms with Crippen LogP contribution < -0.4 is 0 Å². The summed E-state index contributed by atoms with van der Waals surface area (Å²) in [5.74, 6) is 0. The minimum Gasteiger partial charge on any atom is -0.258 e. The number of nitro groups is 1. The Balaban J connectivity index is 3.38. The van der Waals surface area contributed by atoms with E-state index in [2.05, 4.69) is 36.8 Å². The Kier molecular flexibility index (Phi) is 3.03. The number of halogens is 3. The molecule has 0 unspecified atom stereocenters. The van der Waals surface area contributed by atoms with E-state index < -0.39 is 4.92 Å². The minimum atomic E-state index is -0.591. The molecular weight excluding hydrogens is 315 g/mol. The van der Waals surface area contributed by atoms with Gasteiger partial charge >= 0.3 is 5.69 Å². The van der Waals surface area contributed by atoms with E-state index in [0.29, 0.717) is 9.08 Å². The molecule has 0 aliphatic carbocycles. The minimum absolute atomic E-state index is 0.138. The molecule has 0 saturated carbocycles. The van der Waals surface area contributed by atoms with Crippen LogP contribution in [0.4, 0.5) is 5.69 Å². The third kappa shape index (κ3) is 1.94. The lowest BCUT2D eigenvalue weighted by atomic mass is 10.4. The van der Waals surface area contributed by atoms with Crippen LogP contribution in [0.2, 0.25) is 5.15 Å². The van der Waals surface area contributed by atoms with Gasteiger partial charge in [0.1, 0.15) is 9.08 Å². The quantitative estimate of drug-likeness (QED) is 0.454. The van der Waals surface area contributed by atoms with Gasteiger partial charge in [-0.05, 0) is 37.9 Å². The molecule has 0 radical (unpaired) electrons. The third-order valence-corrected chi connectivity index (χ3v) is 2.33. The molecule has 1 aromatic heterocycles. The van der Waals surface area contributed by atoms with Gasteiger partial charge < -0.3 is 0 Å². The highest BCUT2D eigenvalue weighted by Crippen LogP contribution is 2.32. The summed E-state index contributed by atoms with van der Waals surface area (Å²) in [6, 6.07) is 1.46. The average molecular weight is 316 g/mol. The van der Waals surface area contributed by atoms with Crippen LogP contribution in [0.3, 0.4) is 0 Å². The molecule has 64 valence electrons. The molecule has 0 fully saturated rings. The summed E-state index contributed by atoms with van der Waals surface area (Å²) in [6.45, 7) is 0. The van der Waals surface area contributed by atoms with Crippen molar-refractivity contribution in [2.45, 2.75) is 0 Å². The second kappa shape index (κ2) is 3.68. The Hall–Kier alpha value is -0.200. The maximum atomic E-state index is 10.4. The molecular formula is C5HBr2ClN2O2. The molecule has 0 aliphatic rings. The molecule has 1 heterocycles. The Morgan fingerprint density at radius 3 is 2.58 bits per heavy atom. The van der Waals surface area contributed by atoms with Gasteiger partial charge in [0.05, 0.1) is 4.92 Å². The predicted octanol–water partition coefficient (Wildman–Crippen LogP) is 3.17. The van der Waals surface area contributed by atoms with Gasteiger partial charge in [-0.25, -0.2) is 4.98 Å². The molecule has 0 N–H and O–H groups in total. The lowest BCUT2D eigenvalue weighted by Crippen LogP contribution is -1.92. The molecule has 12 heavy (non-hydrogen) atoms. The van der Waals surface area contributed by atoms with Gasteiger partial charge in [0.15, 0.2) is 0 Å². The molecule has 1 rings (SSSR count). The normalized spacial score (nSPS) is 9.92. The Labute approximate surface area is 89.3 Å². The first-order valence-electron chi connectivity index (χ1n) is 2.68. The van der Waals surface area contributed by atoms with Gasteiger partial charge in [-0.15, -0.1) is 0 Å². The van der Waals surface area contributed by atoms with Crippen molar-refractivity contribution in [3.05, 3.63) is 30.4 Å². The maximum absolute atomic E-state index is 10.4. The largest absolute Gasteiger partial charge is 0.320 e. The summed E-state index contributed by atoms with van der Waals surface area (Å²) >= 11 is 11.6. The van der Waals surface area contributed by atoms with E-state index in [9.17, 15) is 10.1 Å². The predicted molar refractivity (Wildman–Crippen MR) is 51.3 cm³/mol. The number of nitrogens with zero attached hydrogens (tertiary/aromatic N) is 2. The van der Waals surface area contributed by atoms with Gasteiger partial charge in [-0.3, -0.25) is 10.1 Å². The van der Waals surface area contributed by atoms with E-state index in [-0.39, 0.29) is 10.8 Å². The van der Waals surface area contributed by atoms with Gasteiger partial charge in [0.2, 0.25) is 5.15 Å². The van der Waals surface area contributed by atoms with E-state index in [4.69, 9.17) is 11.6 Å².